The number of likely N-dealkylation sites (N-methyl/N-ethyl adjacent to an activating group) is 1. The number of nitrogens with one attached hydrogen (secondary N) is 1. The Balaban J connectivity index is 1.89. The Morgan fingerprint density at radius 2 is 1.68 bits per heavy atom. The van der Waals surface area contributed by atoms with Crippen LogP contribution in [0.3, 0.4) is 0 Å². The van der Waals surface area contributed by atoms with Crippen molar-refractivity contribution in [2.24, 2.45) is 0 Å². The molecule has 3 aromatic rings. The van der Waals surface area contributed by atoms with E-state index in [0.29, 0.717) is 28.8 Å². The molecule has 5 nitrogen and oxygen atoms in total. The summed E-state index contributed by atoms with van der Waals surface area (Å²) in [6.45, 7) is 4.33. The second-order valence-electron chi connectivity index (χ2n) is 7.97. The predicted molar refractivity (Wildman–Crippen MR) is 136 cm³/mol. The van der Waals surface area contributed by atoms with Gasteiger partial charge in [-0.1, -0.05) is 83.4 Å². The third-order valence-corrected chi connectivity index (χ3v) is 5.87. The standard InChI is InChI=1S/C27H28Cl2N2O3/c1-3-30-27(33)24(15-20-7-5-4-6-8-20)31(17-21-11-9-19(2)10-12-21)26(32)18-34-25-14-13-22(28)16-23(25)29/h4-14,16,24H,3,15,17-18H2,1-2H3,(H,30,33)/t24-/m1/s1. The van der Waals surface area contributed by atoms with Crippen LogP contribution in [-0.2, 0) is 22.6 Å². The minimum atomic E-state index is -0.708. The number of nitrogens with zero attached hydrogens (tertiary/aromatic N) is 1. The van der Waals surface area contributed by atoms with Crippen LogP contribution in [0.15, 0.2) is 72.8 Å². The molecule has 3 rings (SSSR count). The van der Waals surface area contributed by atoms with Gasteiger partial charge in [-0.25, -0.2) is 0 Å². The quantitative estimate of drug-likeness (QED) is 0.403. The first-order valence-electron chi connectivity index (χ1n) is 11.1. The van der Waals surface area contributed by atoms with Crippen molar-refractivity contribution in [3.05, 3.63) is 99.5 Å². The first-order valence-corrected chi connectivity index (χ1v) is 11.9. The summed E-state index contributed by atoms with van der Waals surface area (Å²) in [5, 5.41) is 3.67. The number of ether oxygens (including phenoxy) is 1. The molecule has 34 heavy (non-hydrogen) atoms. The Morgan fingerprint density at radius 1 is 0.971 bits per heavy atom. The molecule has 0 saturated heterocycles. The molecule has 0 radical (unpaired) electrons. The highest BCUT2D eigenvalue weighted by Crippen LogP contribution is 2.27. The number of hydrogen-bond donors (Lipinski definition) is 1. The Kier molecular flexibility index (Phi) is 9.37. The van der Waals surface area contributed by atoms with Gasteiger partial charge in [0.2, 0.25) is 5.91 Å². The molecule has 1 atom stereocenters. The fourth-order valence-electron chi connectivity index (χ4n) is 3.55. The van der Waals surface area contributed by atoms with Gasteiger partial charge < -0.3 is 15.0 Å². The Labute approximate surface area is 210 Å². The lowest BCUT2D eigenvalue weighted by molar-refractivity contribution is -0.142. The molecule has 1 N–H and O–H groups in total. The maximum atomic E-state index is 13.5. The molecule has 0 unspecified atom stereocenters. The van der Waals surface area contributed by atoms with Crippen LogP contribution in [0.1, 0.15) is 23.6 Å². The number of carbonyl (C=O) groups excluding carboxylic acids is 2. The van der Waals surface area contributed by atoms with E-state index in [4.69, 9.17) is 27.9 Å². The van der Waals surface area contributed by atoms with Gasteiger partial charge in [0.15, 0.2) is 6.61 Å². The number of halogens is 2. The molecule has 0 fully saturated rings. The Hall–Kier alpha value is -3.02. The largest absolute Gasteiger partial charge is 0.482 e. The number of amides is 2. The zero-order valence-corrected chi connectivity index (χ0v) is 20.8. The molecule has 3 aromatic carbocycles. The molecule has 0 aliphatic heterocycles. The summed E-state index contributed by atoms with van der Waals surface area (Å²) in [6, 6.07) is 21.7. The van der Waals surface area contributed by atoms with Crippen molar-refractivity contribution in [3.63, 3.8) is 0 Å². The van der Waals surface area contributed by atoms with Crippen LogP contribution in [-0.4, -0.2) is 35.9 Å². The lowest BCUT2D eigenvalue weighted by Gasteiger charge is -2.31. The first-order chi connectivity index (χ1) is 16.4. The normalized spacial score (nSPS) is 11.5. The van der Waals surface area contributed by atoms with Crippen LogP contribution in [0.2, 0.25) is 10.0 Å². The average molecular weight is 499 g/mol. The molecule has 0 aromatic heterocycles. The minimum absolute atomic E-state index is 0.212. The molecule has 0 spiro atoms. The molecule has 2 amide bonds. The van der Waals surface area contributed by atoms with Gasteiger partial charge in [-0.05, 0) is 43.2 Å². The summed E-state index contributed by atoms with van der Waals surface area (Å²) in [5.41, 5.74) is 3.00. The van der Waals surface area contributed by atoms with Gasteiger partial charge in [-0.15, -0.1) is 0 Å². The van der Waals surface area contributed by atoms with Crippen molar-refractivity contribution in [2.75, 3.05) is 13.2 Å². The number of rotatable bonds is 10. The monoisotopic (exact) mass is 498 g/mol. The lowest BCUT2D eigenvalue weighted by Crippen LogP contribution is -2.51. The van der Waals surface area contributed by atoms with Gasteiger partial charge in [0.1, 0.15) is 11.8 Å². The molecule has 0 aliphatic carbocycles. The number of carbonyl (C=O) groups is 2. The van der Waals surface area contributed by atoms with E-state index in [-0.39, 0.29) is 25.0 Å². The number of hydrogen-bond acceptors (Lipinski definition) is 3. The first kappa shape index (κ1) is 25.6. The summed E-state index contributed by atoms with van der Waals surface area (Å²) in [4.78, 5) is 28.2. The van der Waals surface area contributed by atoms with Crippen LogP contribution < -0.4 is 10.1 Å². The fraction of sp³-hybridized carbons (Fsp3) is 0.259. The maximum Gasteiger partial charge on any atom is 0.261 e. The van der Waals surface area contributed by atoms with Gasteiger partial charge in [0.25, 0.3) is 5.91 Å². The fourth-order valence-corrected chi connectivity index (χ4v) is 4.01. The molecule has 178 valence electrons. The predicted octanol–water partition coefficient (Wildman–Crippen LogP) is 5.46. The van der Waals surface area contributed by atoms with E-state index in [1.54, 1.807) is 23.1 Å². The number of aryl methyl sites for hydroxylation is 1. The zero-order chi connectivity index (χ0) is 24.5. The van der Waals surface area contributed by atoms with E-state index in [9.17, 15) is 9.59 Å². The molecule has 0 bridgehead atoms. The van der Waals surface area contributed by atoms with Crippen LogP contribution in [0.25, 0.3) is 0 Å². The van der Waals surface area contributed by atoms with Crippen molar-refractivity contribution >= 4 is 35.0 Å². The van der Waals surface area contributed by atoms with E-state index in [1.165, 1.54) is 0 Å². The third-order valence-electron chi connectivity index (χ3n) is 5.34. The van der Waals surface area contributed by atoms with Gasteiger partial charge in [-0.3, -0.25) is 9.59 Å². The average Bonchev–Trinajstić information content (AvgIpc) is 2.82. The topological polar surface area (TPSA) is 58.6 Å². The van der Waals surface area contributed by atoms with Crippen molar-refractivity contribution in [1.29, 1.82) is 0 Å². The second kappa shape index (κ2) is 12.4. The lowest BCUT2D eigenvalue weighted by atomic mass is 10.0. The van der Waals surface area contributed by atoms with E-state index >= 15 is 0 Å². The van der Waals surface area contributed by atoms with Gasteiger partial charge in [0.05, 0.1) is 5.02 Å². The van der Waals surface area contributed by atoms with E-state index in [0.717, 1.165) is 16.7 Å². The highest BCUT2D eigenvalue weighted by molar-refractivity contribution is 6.35. The third kappa shape index (κ3) is 7.24. The summed E-state index contributed by atoms with van der Waals surface area (Å²) < 4.78 is 5.72. The van der Waals surface area contributed by atoms with E-state index in [1.807, 2.05) is 68.4 Å². The molecule has 0 saturated carbocycles. The highest BCUT2D eigenvalue weighted by Gasteiger charge is 2.30. The minimum Gasteiger partial charge on any atom is -0.482 e. The Bertz CT molecular complexity index is 1100. The molecule has 0 aliphatic rings. The summed E-state index contributed by atoms with van der Waals surface area (Å²) in [6.07, 6.45) is 0.381. The molecule has 7 heteroatoms. The van der Waals surface area contributed by atoms with Crippen molar-refractivity contribution in [1.82, 2.24) is 10.2 Å². The smallest absolute Gasteiger partial charge is 0.261 e. The summed E-state index contributed by atoms with van der Waals surface area (Å²) in [5.74, 6) is -0.178. The van der Waals surface area contributed by atoms with Gasteiger partial charge >= 0.3 is 0 Å². The number of benzene rings is 3. The summed E-state index contributed by atoms with van der Waals surface area (Å²) in [7, 11) is 0. The SMILES string of the molecule is CCNC(=O)[C@@H](Cc1ccccc1)N(Cc1ccc(C)cc1)C(=O)COc1ccc(Cl)cc1Cl. The van der Waals surface area contributed by atoms with Crippen LogP contribution in [0.5, 0.6) is 5.75 Å². The van der Waals surface area contributed by atoms with E-state index < -0.39 is 6.04 Å². The zero-order valence-electron chi connectivity index (χ0n) is 19.3. The molecule has 0 heterocycles. The van der Waals surface area contributed by atoms with Crippen LogP contribution in [0.4, 0.5) is 0 Å². The molecular formula is C27H28Cl2N2O3. The molecular weight excluding hydrogens is 471 g/mol. The second-order valence-corrected chi connectivity index (χ2v) is 8.81. The van der Waals surface area contributed by atoms with Crippen molar-refractivity contribution in [2.45, 2.75) is 32.9 Å². The van der Waals surface area contributed by atoms with Crippen LogP contribution >= 0.6 is 23.2 Å². The van der Waals surface area contributed by atoms with Gasteiger partial charge in [0, 0.05) is 24.5 Å². The van der Waals surface area contributed by atoms with E-state index in [2.05, 4.69) is 5.32 Å². The maximum absolute atomic E-state index is 13.5. The summed E-state index contributed by atoms with van der Waals surface area (Å²) >= 11 is 12.2. The Morgan fingerprint density at radius 3 is 2.32 bits per heavy atom. The van der Waals surface area contributed by atoms with Crippen molar-refractivity contribution < 1.29 is 14.3 Å². The van der Waals surface area contributed by atoms with Crippen molar-refractivity contribution in [3.8, 4) is 5.75 Å². The highest BCUT2D eigenvalue weighted by atomic mass is 35.5. The van der Waals surface area contributed by atoms with Crippen LogP contribution in [0, 0.1) is 6.92 Å². The van der Waals surface area contributed by atoms with Gasteiger partial charge in [-0.2, -0.15) is 0 Å².